The summed E-state index contributed by atoms with van der Waals surface area (Å²) in [4.78, 5) is 26.1. The number of ether oxygens (including phenoxy) is 1. The second kappa shape index (κ2) is 6.99. The largest absolute Gasteiger partial charge is 0.457 e. The van der Waals surface area contributed by atoms with E-state index in [1.54, 1.807) is 39.0 Å². The van der Waals surface area contributed by atoms with E-state index in [-0.39, 0.29) is 17.5 Å². The lowest BCUT2D eigenvalue weighted by molar-refractivity contribution is -0.174. The van der Waals surface area contributed by atoms with Gasteiger partial charge in [-0.2, -0.15) is 13.2 Å². The van der Waals surface area contributed by atoms with Crippen LogP contribution in [0.15, 0.2) is 48.5 Å². The van der Waals surface area contributed by atoms with Gasteiger partial charge in [0.15, 0.2) is 0 Å². The average molecular weight is 406 g/mol. The van der Waals surface area contributed by atoms with Gasteiger partial charge in [-0.3, -0.25) is 4.79 Å². The molecule has 0 radical (unpaired) electrons. The van der Waals surface area contributed by atoms with Gasteiger partial charge in [0.2, 0.25) is 11.4 Å². The summed E-state index contributed by atoms with van der Waals surface area (Å²) in [7, 11) is 0. The third-order valence-corrected chi connectivity index (χ3v) is 4.89. The third-order valence-electron chi connectivity index (χ3n) is 4.89. The van der Waals surface area contributed by atoms with Crippen LogP contribution in [0.1, 0.15) is 53.7 Å². The number of aliphatic hydroxyl groups is 1. The lowest BCUT2D eigenvalue weighted by atomic mass is 9.67. The number of Topliss-reactive ketones (excluding diaryl/α,β-unsaturated/α-hetero) is 1. The summed E-state index contributed by atoms with van der Waals surface area (Å²) in [5, 5.41) is 11.3. The van der Waals surface area contributed by atoms with E-state index in [0.29, 0.717) is 5.56 Å². The molecular weight excluding hydrogens is 385 g/mol. The van der Waals surface area contributed by atoms with Crippen LogP contribution in [-0.4, -0.2) is 28.1 Å². The summed E-state index contributed by atoms with van der Waals surface area (Å²) in [5.41, 5.74) is -4.58. The fourth-order valence-corrected chi connectivity index (χ4v) is 3.64. The standard InChI is InChI=1S/C22H21F3O4/c1-20(2,3)29-19(27)21(28)17(12-13-8-4-5-9-14(13)18(21)26)15-10-6-7-11-16(15)22(23,24)25/h4-11,17,28H,12H2,1-3H3/t17-,21-/m0/s1. The molecule has 0 unspecified atom stereocenters. The van der Waals surface area contributed by atoms with E-state index in [1.165, 1.54) is 24.3 Å². The predicted molar refractivity (Wildman–Crippen MR) is 99.5 cm³/mol. The van der Waals surface area contributed by atoms with E-state index in [1.807, 2.05) is 0 Å². The smallest absolute Gasteiger partial charge is 0.416 e. The molecule has 2 aromatic rings. The molecule has 1 aliphatic carbocycles. The molecule has 0 amide bonds. The molecule has 29 heavy (non-hydrogen) atoms. The lowest BCUT2D eigenvalue weighted by Crippen LogP contribution is -2.57. The average Bonchev–Trinajstić information content (AvgIpc) is 2.62. The van der Waals surface area contributed by atoms with Crippen LogP contribution in [-0.2, 0) is 22.1 Å². The molecule has 2 aromatic carbocycles. The molecule has 0 saturated heterocycles. The summed E-state index contributed by atoms with van der Waals surface area (Å²) < 4.78 is 46.2. The molecule has 154 valence electrons. The molecule has 2 atom stereocenters. The Labute approximate surface area is 166 Å². The zero-order valence-corrected chi connectivity index (χ0v) is 16.2. The van der Waals surface area contributed by atoms with Gasteiger partial charge in [0.1, 0.15) is 5.60 Å². The summed E-state index contributed by atoms with van der Waals surface area (Å²) in [6, 6.07) is 10.9. The van der Waals surface area contributed by atoms with Crippen LogP contribution < -0.4 is 0 Å². The van der Waals surface area contributed by atoms with E-state index in [0.717, 1.165) is 6.07 Å². The van der Waals surface area contributed by atoms with Crippen LogP contribution in [0.25, 0.3) is 0 Å². The molecule has 1 aliphatic rings. The number of carbonyl (C=O) groups is 2. The highest BCUT2D eigenvalue weighted by Gasteiger charge is 2.57. The number of benzene rings is 2. The van der Waals surface area contributed by atoms with Crippen molar-refractivity contribution in [3.63, 3.8) is 0 Å². The highest BCUT2D eigenvalue weighted by atomic mass is 19.4. The molecule has 1 N–H and O–H groups in total. The Kier molecular flexibility index (Phi) is 5.07. The lowest BCUT2D eigenvalue weighted by Gasteiger charge is -2.39. The molecule has 3 rings (SSSR count). The molecule has 0 heterocycles. The van der Waals surface area contributed by atoms with E-state index in [9.17, 15) is 27.9 Å². The van der Waals surface area contributed by atoms with Crippen LogP contribution in [0.4, 0.5) is 13.2 Å². The zero-order valence-electron chi connectivity index (χ0n) is 16.2. The topological polar surface area (TPSA) is 63.6 Å². The van der Waals surface area contributed by atoms with Crippen molar-refractivity contribution in [2.24, 2.45) is 0 Å². The number of ketones is 1. The second-order valence-electron chi connectivity index (χ2n) is 8.10. The number of hydrogen-bond donors (Lipinski definition) is 1. The van der Waals surface area contributed by atoms with E-state index in [2.05, 4.69) is 0 Å². The van der Waals surface area contributed by atoms with Crippen LogP contribution in [0.5, 0.6) is 0 Å². The number of hydrogen-bond acceptors (Lipinski definition) is 4. The molecule has 0 aromatic heterocycles. The van der Waals surface area contributed by atoms with Crippen molar-refractivity contribution < 1.29 is 32.6 Å². The van der Waals surface area contributed by atoms with Gasteiger partial charge in [-0.15, -0.1) is 0 Å². The second-order valence-corrected chi connectivity index (χ2v) is 8.10. The Bertz CT molecular complexity index is 959. The maximum atomic E-state index is 13.6. The minimum atomic E-state index is -4.72. The first-order chi connectivity index (χ1) is 13.4. The zero-order chi connectivity index (χ0) is 21.6. The molecule has 0 aliphatic heterocycles. The minimum Gasteiger partial charge on any atom is -0.457 e. The van der Waals surface area contributed by atoms with Gasteiger partial charge in [-0.1, -0.05) is 42.5 Å². The molecule has 4 nitrogen and oxygen atoms in total. The normalized spacial score (nSPS) is 22.2. The molecule has 0 saturated carbocycles. The van der Waals surface area contributed by atoms with Gasteiger partial charge in [0.25, 0.3) is 0 Å². The van der Waals surface area contributed by atoms with Gasteiger partial charge in [-0.05, 0) is 44.4 Å². The summed E-state index contributed by atoms with van der Waals surface area (Å²) in [5.74, 6) is -3.67. The number of carbonyl (C=O) groups excluding carboxylic acids is 2. The van der Waals surface area contributed by atoms with Crippen LogP contribution in [0.3, 0.4) is 0 Å². The van der Waals surface area contributed by atoms with Crippen molar-refractivity contribution in [1.29, 1.82) is 0 Å². The third kappa shape index (κ3) is 3.79. The predicted octanol–water partition coefficient (Wildman–Crippen LogP) is 4.30. The van der Waals surface area contributed by atoms with Gasteiger partial charge in [-0.25, -0.2) is 4.79 Å². The molecular formula is C22H21F3O4. The first kappa shape index (κ1) is 21.0. The first-order valence-corrected chi connectivity index (χ1v) is 9.10. The first-order valence-electron chi connectivity index (χ1n) is 9.10. The number of alkyl halides is 3. The molecule has 0 bridgehead atoms. The highest BCUT2D eigenvalue weighted by Crippen LogP contribution is 2.45. The number of halogens is 3. The van der Waals surface area contributed by atoms with Crippen molar-refractivity contribution in [2.75, 3.05) is 0 Å². The quantitative estimate of drug-likeness (QED) is 0.597. The maximum Gasteiger partial charge on any atom is 0.416 e. The maximum absolute atomic E-state index is 13.6. The SMILES string of the molecule is CC(C)(C)OC(=O)[C@@]1(O)C(=O)c2ccccc2C[C@H]1c1ccccc1C(F)(F)F. The highest BCUT2D eigenvalue weighted by molar-refractivity contribution is 6.17. The van der Waals surface area contributed by atoms with E-state index >= 15 is 0 Å². The molecule has 0 spiro atoms. The van der Waals surface area contributed by atoms with E-state index < -0.39 is 40.6 Å². The fourth-order valence-electron chi connectivity index (χ4n) is 3.64. The van der Waals surface area contributed by atoms with E-state index in [4.69, 9.17) is 4.74 Å². The van der Waals surface area contributed by atoms with Crippen LogP contribution in [0.2, 0.25) is 0 Å². The Morgan fingerprint density at radius 2 is 1.66 bits per heavy atom. The Balaban J connectivity index is 2.23. The minimum absolute atomic E-state index is 0.0987. The van der Waals surface area contributed by atoms with Gasteiger partial charge in [0, 0.05) is 11.5 Å². The van der Waals surface area contributed by atoms with Gasteiger partial charge in [0.05, 0.1) is 5.56 Å². The van der Waals surface area contributed by atoms with Gasteiger partial charge < -0.3 is 9.84 Å². The fraction of sp³-hybridized carbons (Fsp3) is 0.364. The van der Waals surface area contributed by atoms with Crippen molar-refractivity contribution in [3.8, 4) is 0 Å². The number of rotatable bonds is 2. The Morgan fingerprint density at radius 1 is 1.07 bits per heavy atom. The van der Waals surface area contributed by atoms with Crippen LogP contribution >= 0.6 is 0 Å². The van der Waals surface area contributed by atoms with Gasteiger partial charge >= 0.3 is 12.1 Å². The number of esters is 1. The van der Waals surface area contributed by atoms with Crippen molar-refractivity contribution in [2.45, 2.75) is 50.5 Å². The van der Waals surface area contributed by atoms with Crippen molar-refractivity contribution >= 4 is 11.8 Å². The van der Waals surface area contributed by atoms with Crippen LogP contribution in [0, 0.1) is 0 Å². The summed E-state index contributed by atoms with van der Waals surface area (Å²) >= 11 is 0. The number of fused-ring (bicyclic) bond motifs is 1. The monoisotopic (exact) mass is 406 g/mol. The Morgan fingerprint density at radius 3 is 2.28 bits per heavy atom. The summed E-state index contributed by atoms with van der Waals surface area (Å²) in [6.45, 7) is 4.65. The molecule has 0 fully saturated rings. The van der Waals surface area contributed by atoms with Crippen molar-refractivity contribution in [3.05, 3.63) is 70.8 Å². The van der Waals surface area contributed by atoms with Crippen molar-refractivity contribution in [1.82, 2.24) is 0 Å². The Hall–Kier alpha value is -2.67. The summed E-state index contributed by atoms with van der Waals surface area (Å²) in [6.07, 6.45) is -4.84. The molecule has 7 heteroatoms.